The van der Waals surface area contributed by atoms with Crippen LogP contribution >= 0.6 is 0 Å². The van der Waals surface area contributed by atoms with Gasteiger partial charge in [-0.15, -0.1) is 0 Å². The van der Waals surface area contributed by atoms with E-state index in [1.165, 1.54) is 6.20 Å². The van der Waals surface area contributed by atoms with Crippen molar-refractivity contribution in [3.63, 3.8) is 0 Å². The minimum Gasteiger partial charge on any atom is -0.462 e. The Morgan fingerprint density at radius 3 is 2.49 bits per heavy atom. The van der Waals surface area contributed by atoms with Crippen molar-refractivity contribution in [3.8, 4) is 22.8 Å². The molecule has 0 saturated carbocycles. The van der Waals surface area contributed by atoms with Gasteiger partial charge in [0.2, 0.25) is 5.89 Å². The van der Waals surface area contributed by atoms with Gasteiger partial charge in [0.15, 0.2) is 5.76 Å². The van der Waals surface area contributed by atoms with Crippen LogP contribution in [0.25, 0.3) is 22.8 Å². The Morgan fingerprint density at radius 1 is 0.892 bits per heavy atom. The van der Waals surface area contributed by atoms with Crippen molar-refractivity contribution in [2.75, 3.05) is 37.7 Å². The van der Waals surface area contributed by atoms with E-state index in [9.17, 15) is 9.59 Å². The van der Waals surface area contributed by atoms with Crippen LogP contribution in [0.4, 0.5) is 5.82 Å². The molecule has 1 saturated heterocycles. The molecule has 4 aromatic rings. The standard InChI is InChI=1S/C29H28N4O4/c1-2-36-29(35)22-13-14-26(30-19-22)32-15-8-16-33(18-17-32)28(34)24-12-7-6-11-23(24)27-31-20-25(37-27)21-9-4-3-5-10-21/h3-7,9-14,19-20H,2,8,15-18H2,1H3. The number of carbonyl (C=O) groups excluding carboxylic acids is 2. The molecule has 2 aromatic carbocycles. The number of aromatic nitrogens is 2. The van der Waals surface area contributed by atoms with Gasteiger partial charge in [-0.1, -0.05) is 42.5 Å². The quantitative estimate of drug-likeness (QED) is 0.350. The number of hydrogen-bond donors (Lipinski definition) is 0. The molecule has 1 amide bonds. The molecule has 0 bridgehead atoms. The van der Waals surface area contributed by atoms with Gasteiger partial charge in [-0.05, 0) is 37.6 Å². The fraction of sp³-hybridized carbons (Fsp3) is 0.241. The van der Waals surface area contributed by atoms with E-state index in [4.69, 9.17) is 9.15 Å². The SMILES string of the molecule is CCOC(=O)c1ccc(N2CCCN(C(=O)c3ccccc3-c3ncc(-c4ccccc4)o3)CC2)nc1. The summed E-state index contributed by atoms with van der Waals surface area (Å²) < 4.78 is 11.1. The monoisotopic (exact) mass is 496 g/mol. The maximum Gasteiger partial charge on any atom is 0.339 e. The first-order chi connectivity index (χ1) is 18.1. The minimum atomic E-state index is -0.380. The number of amides is 1. The van der Waals surface area contributed by atoms with Gasteiger partial charge >= 0.3 is 5.97 Å². The van der Waals surface area contributed by atoms with Crippen molar-refractivity contribution < 1.29 is 18.7 Å². The molecule has 0 spiro atoms. The zero-order chi connectivity index (χ0) is 25.6. The molecule has 8 heteroatoms. The largest absolute Gasteiger partial charge is 0.462 e. The summed E-state index contributed by atoms with van der Waals surface area (Å²) >= 11 is 0. The molecule has 8 nitrogen and oxygen atoms in total. The summed E-state index contributed by atoms with van der Waals surface area (Å²) in [5.74, 6) is 1.42. The van der Waals surface area contributed by atoms with E-state index >= 15 is 0 Å². The molecule has 188 valence electrons. The Bertz CT molecular complexity index is 1370. The van der Waals surface area contributed by atoms with Crippen LogP contribution < -0.4 is 4.90 Å². The van der Waals surface area contributed by atoms with Crippen molar-refractivity contribution in [1.29, 1.82) is 0 Å². The Balaban J connectivity index is 1.30. The summed E-state index contributed by atoms with van der Waals surface area (Å²) in [5.41, 5.74) is 2.60. The first-order valence-corrected chi connectivity index (χ1v) is 12.4. The van der Waals surface area contributed by atoms with E-state index in [2.05, 4.69) is 14.9 Å². The van der Waals surface area contributed by atoms with E-state index in [1.54, 1.807) is 19.2 Å². The summed E-state index contributed by atoms with van der Waals surface area (Å²) in [7, 11) is 0. The van der Waals surface area contributed by atoms with Gasteiger partial charge in [-0.25, -0.2) is 14.8 Å². The highest BCUT2D eigenvalue weighted by atomic mass is 16.5. The summed E-state index contributed by atoms with van der Waals surface area (Å²) in [6, 6.07) is 20.7. The van der Waals surface area contributed by atoms with Crippen LogP contribution in [0, 0.1) is 0 Å². The Kier molecular flexibility index (Phi) is 7.26. The van der Waals surface area contributed by atoms with Gasteiger partial charge in [-0.3, -0.25) is 4.79 Å². The first kappa shape index (κ1) is 24.2. The fourth-order valence-electron chi connectivity index (χ4n) is 4.42. The zero-order valence-corrected chi connectivity index (χ0v) is 20.7. The predicted molar refractivity (Wildman–Crippen MR) is 140 cm³/mol. The van der Waals surface area contributed by atoms with Crippen molar-refractivity contribution in [2.24, 2.45) is 0 Å². The second-order valence-electron chi connectivity index (χ2n) is 8.70. The molecule has 5 rings (SSSR count). The lowest BCUT2D eigenvalue weighted by Gasteiger charge is -2.23. The lowest BCUT2D eigenvalue weighted by molar-refractivity contribution is 0.0525. The van der Waals surface area contributed by atoms with Crippen molar-refractivity contribution >= 4 is 17.7 Å². The van der Waals surface area contributed by atoms with Crippen LogP contribution in [0.3, 0.4) is 0 Å². The van der Waals surface area contributed by atoms with Gasteiger partial charge in [0.25, 0.3) is 5.91 Å². The highest BCUT2D eigenvalue weighted by Gasteiger charge is 2.24. The fourth-order valence-corrected chi connectivity index (χ4v) is 4.42. The molecule has 0 unspecified atom stereocenters. The van der Waals surface area contributed by atoms with E-state index in [0.717, 1.165) is 24.3 Å². The van der Waals surface area contributed by atoms with Crippen molar-refractivity contribution in [3.05, 3.63) is 90.3 Å². The summed E-state index contributed by atoms with van der Waals surface area (Å²) in [6.07, 6.45) is 4.03. The van der Waals surface area contributed by atoms with Gasteiger partial charge in [-0.2, -0.15) is 0 Å². The average Bonchev–Trinajstić information content (AvgIpc) is 3.31. The third-order valence-electron chi connectivity index (χ3n) is 6.32. The Labute approximate surface area is 215 Å². The average molecular weight is 497 g/mol. The van der Waals surface area contributed by atoms with Gasteiger partial charge in [0.1, 0.15) is 5.82 Å². The van der Waals surface area contributed by atoms with Gasteiger partial charge in [0.05, 0.1) is 23.9 Å². The minimum absolute atomic E-state index is 0.0532. The number of pyridine rings is 1. The number of ether oxygens (including phenoxy) is 1. The first-order valence-electron chi connectivity index (χ1n) is 12.4. The zero-order valence-electron chi connectivity index (χ0n) is 20.7. The lowest BCUT2D eigenvalue weighted by atomic mass is 10.1. The van der Waals surface area contributed by atoms with E-state index in [0.29, 0.717) is 54.6 Å². The molecule has 1 fully saturated rings. The maximum absolute atomic E-state index is 13.6. The molecule has 0 atom stereocenters. The molecule has 0 aliphatic carbocycles. The summed E-state index contributed by atoms with van der Waals surface area (Å²) in [4.78, 5) is 38.5. The number of nitrogens with zero attached hydrogens (tertiary/aromatic N) is 4. The normalized spacial score (nSPS) is 13.8. The number of anilines is 1. The smallest absolute Gasteiger partial charge is 0.339 e. The molecule has 0 N–H and O–H groups in total. The molecule has 1 aliphatic heterocycles. The molecular formula is C29H28N4O4. The third kappa shape index (κ3) is 5.38. The van der Waals surface area contributed by atoms with Crippen molar-refractivity contribution in [1.82, 2.24) is 14.9 Å². The van der Waals surface area contributed by atoms with Gasteiger partial charge < -0.3 is 19.0 Å². The topological polar surface area (TPSA) is 88.8 Å². The van der Waals surface area contributed by atoms with Gasteiger partial charge in [0, 0.05) is 43.5 Å². The second-order valence-corrected chi connectivity index (χ2v) is 8.70. The van der Waals surface area contributed by atoms with E-state index < -0.39 is 0 Å². The highest BCUT2D eigenvalue weighted by Crippen LogP contribution is 2.29. The molecule has 3 heterocycles. The molecular weight excluding hydrogens is 468 g/mol. The molecule has 2 aromatic heterocycles. The van der Waals surface area contributed by atoms with Crippen LogP contribution in [0.5, 0.6) is 0 Å². The highest BCUT2D eigenvalue weighted by molar-refractivity contribution is 6.00. The van der Waals surface area contributed by atoms with E-state index in [-0.39, 0.29) is 11.9 Å². The Hall–Kier alpha value is -4.46. The van der Waals surface area contributed by atoms with E-state index in [1.807, 2.05) is 65.6 Å². The molecule has 0 radical (unpaired) electrons. The number of hydrogen-bond acceptors (Lipinski definition) is 7. The Morgan fingerprint density at radius 2 is 1.70 bits per heavy atom. The number of benzene rings is 2. The van der Waals surface area contributed by atoms with Crippen LogP contribution in [-0.2, 0) is 4.74 Å². The number of esters is 1. The summed E-state index contributed by atoms with van der Waals surface area (Å²) in [5, 5.41) is 0. The van der Waals surface area contributed by atoms with Crippen LogP contribution in [-0.4, -0.2) is 59.5 Å². The number of rotatable bonds is 6. The predicted octanol–water partition coefficient (Wildman–Crippen LogP) is 4.93. The number of carbonyl (C=O) groups is 2. The lowest BCUT2D eigenvalue weighted by Crippen LogP contribution is -2.35. The number of oxazole rings is 1. The maximum atomic E-state index is 13.6. The molecule has 1 aliphatic rings. The van der Waals surface area contributed by atoms with Crippen LogP contribution in [0.15, 0.2) is 83.5 Å². The molecule has 37 heavy (non-hydrogen) atoms. The third-order valence-corrected chi connectivity index (χ3v) is 6.32. The van der Waals surface area contributed by atoms with Crippen molar-refractivity contribution in [2.45, 2.75) is 13.3 Å². The van der Waals surface area contributed by atoms with Crippen LogP contribution in [0.2, 0.25) is 0 Å². The van der Waals surface area contributed by atoms with Crippen LogP contribution in [0.1, 0.15) is 34.1 Å². The second kappa shape index (κ2) is 11.1. The summed E-state index contributed by atoms with van der Waals surface area (Å²) in [6.45, 7) is 4.67.